The van der Waals surface area contributed by atoms with Crippen molar-refractivity contribution in [2.45, 2.75) is 32.8 Å². The average molecular weight is 272 g/mol. The molecule has 0 radical (unpaired) electrons. The maximum absolute atomic E-state index is 5.83. The highest BCUT2D eigenvalue weighted by molar-refractivity contribution is 9.10. The van der Waals surface area contributed by atoms with Gasteiger partial charge in [0.1, 0.15) is 5.75 Å². The first-order chi connectivity index (χ1) is 7.17. The molecule has 2 N–H and O–H groups in total. The summed E-state index contributed by atoms with van der Waals surface area (Å²) in [6, 6.07) is 6.07. The average Bonchev–Trinajstić information content (AvgIpc) is 2.22. The summed E-state index contributed by atoms with van der Waals surface area (Å²) in [6.45, 7) is 4.84. The van der Waals surface area contributed by atoms with Crippen molar-refractivity contribution in [3.8, 4) is 5.75 Å². The van der Waals surface area contributed by atoms with Crippen LogP contribution in [0.25, 0.3) is 0 Å². The van der Waals surface area contributed by atoms with Gasteiger partial charge in [-0.05, 0) is 50.1 Å². The molecule has 1 atom stereocenters. The lowest BCUT2D eigenvalue weighted by Crippen LogP contribution is -2.12. The minimum absolute atomic E-state index is 0.252. The van der Waals surface area contributed by atoms with Crippen LogP contribution in [-0.4, -0.2) is 12.6 Å². The van der Waals surface area contributed by atoms with Crippen LogP contribution in [0.2, 0.25) is 0 Å². The second kappa shape index (κ2) is 6.13. The topological polar surface area (TPSA) is 35.2 Å². The highest BCUT2D eigenvalue weighted by atomic mass is 79.9. The fourth-order valence-electron chi connectivity index (χ4n) is 1.31. The zero-order valence-electron chi connectivity index (χ0n) is 9.29. The molecule has 3 heteroatoms. The van der Waals surface area contributed by atoms with Gasteiger partial charge in [0.2, 0.25) is 0 Å². The van der Waals surface area contributed by atoms with E-state index in [4.69, 9.17) is 10.5 Å². The third kappa shape index (κ3) is 3.84. The Bertz CT molecular complexity index is 314. The molecule has 1 rings (SSSR count). The Balaban J connectivity index is 2.85. The molecular weight excluding hydrogens is 254 g/mol. The minimum Gasteiger partial charge on any atom is -0.490 e. The summed E-state index contributed by atoms with van der Waals surface area (Å²) in [7, 11) is 0. The van der Waals surface area contributed by atoms with Crippen LogP contribution in [0.5, 0.6) is 5.75 Å². The van der Waals surface area contributed by atoms with Crippen LogP contribution in [0.3, 0.4) is 0 Å². The Morgan fingerprint density at radius 2 is 2.20 bits per heavy atom. The van der Waals surface area contributed by atoms with Crippen LogP contribution in [0.15, 0.2) is 22.7 Å². The first kappa shape index (κ1) is 12.5. The van der Waals surface area contributed by atoms with Crippen molar-refractivity contribution in [2.24, 2.45) is 5.73 Å². The van der Waals surface area contributed by atoms with Gasteiger partial charge in [-0.25, -0.2) is 0 Å². The molecule has 0 amide bonds. The highest BCUT2D eigenvalue weighted by Gasteiger charge is 2.07. The van der Waals surface area contributed by atoms with E-state index in [-0.39, 0.29) is 6.10 Å². The summed E-state index contributed by atoms with van der Waals surface area (Å²) < 4.78 is 6.90. The SMILES string of the molecule is CCC(C)Oc1ccc(Br)cc1CCN. The lowest BCUT2D eigenvalue weighted by atomic mass is 10.1. The Morgan fingerprint density at radius 1 is 1.47 bits per heavy atom. The summed E-state index contributed by atoms with van der Waals surface area (Å²) in [5.74, 6) is 0.956. The molecule has 0 spiro atoms. The number of benzene rings is 1. The number of hydrogen-bond donors (Lipinski definition) is 1. The molecule has 0 bridgehead atoms. The van der Waals surface area contributed by atoms with E-state index in [0.29, 0.717) is 6.54 Å². The molecule has 0 aromatic heterocycles. The summed E-state index contributed by atoms with van der Waals surface area (Å²) >= 11 is 3.45. The Labute approximate surface area is 99.9 Å². The molecule has 1 aromatic rings. The summed E-state index contributed by atoms with van der Waals surface area (Å²) in [5, 5.41) is 0. The highest BCUT2D eigenvalue weighted by Crippen LogP contribution is 2.24. The van der Waals surface area contributed by atoms with E-state index in [0.717, 1.165) is 23.1 Å². The quantitative estimate of drug-likeness (QED) is 0.893. The smallest absolute Gasteiger partial charge is 0.123 e. The molecule has 1 aromatic carbocycles. The lowest BCUT2D eigenvalue weighted by molar-refractivity contribution is 0.215. The zero-order chi connectivity index (χ0) is 11.3. The van der Waals surface area contributed by atoms with Crippen LogP contribution in [-0.2, 0) is 6.42 Å². The van der Waals surface area contributed by atoms with Crippen LogP contribution in [0.4, 0.5) is 0 Å². The number of ether oxygens (including phenoxy) is 1. The van der Waals surface area contributed by atoms with E-state index in [9.17, 15) is 0 Å². The van der Waals surface area contributed by atoms with E-state index < -0.39 is 0 Å². The van der Waals surface area contributed by atoms with Crippen LogP contribution < -0.4 is 10.5 Å². The maximum Gasteiger partial charge on any atom is 0.123 e. The molecule has 2 nitrogen and oxygen atoms in total. The van der Waals surface area contributed by atoms with Crippen molar-refractivity contribution in [3.63, 3.8) is 0 Å². The van der Waals surface area contributed by atoms with Crippen molar-refractivity contribution in [3.05, 3.63) is 28.2 Å². The van der Waals surface area contributed by atoms with Gasteiger partial charge in [0, 0.05) is 4.47 Å². The van der Waals surface area contributed by atoms with E-state index in [2.05, 4.69) is 35.8 Å². The molecule has 0 aliphatic heterocycles. The van der Waals surface area contributed by atoms with Gasteiger partial charge in [0.25, 0.3) is 0 Å². The Hall–Kier alpha value is -0.540. The van der Waals surface area contributed by atoms with Gasteiger partial charge < -0.3 is 10.5 Å². The van der Waals surface area contributed by atoms with Crippen LogP contribution >= 0.6 is 15.9 Å². The van der Waals surface area contributed by atoms with Gasteiger partial charge in [0.05, 0.1) is 6.10 Å². The molecule has 1 unspecified atom stereocenters. The Kier molecular flexibility index (Phi) is 5.12. The van der Waals surface area contributed by atoms with Crippen LogP contribution in [0, 0.1) is 0 Å². The molecule has 0 aliphatic rings. The number of nitrogens with two attached hydrogens (primary N) is 1. The van der Waals surface area contributed by atoms with Crippen molar-refractivity contribution >= 4 is 15.9 Å². The van der Waals surface area contributed by atoms with E-state index >= 15 is 0 Å². The van der Waals surface area contributed by atoms with E-state index in [1.165, 1.54) is 5.56 Å². The van der Waals surface area contributed by atoms with E-state index in [1.807, 2.05) is 12.1 Å². The molecule has 0 saturated heterocycles. The third-order valence-corrected chi connectivity index (χ3v) is 2.83. The number of rotatable bonds is 5. The second-order valence-electron chi connectivity index (χ2n) is 3.63. The van der Waals surface area contributed by atoms with Gasteiger partial charge in [0.15, 0.2) is 0 Å². The summed E-state index contributed by atoms with van der Waals surface area (Å²) in [5.41, 5.74) is 6.75. The number of hydrogen-bond acceptors (Lipinski definition) is 2. The Morgan fingerprint density at radius 3 is 2.80 bits per heavy atom. The van der Waals surface area contributed by atoms with E-state index in [1.54, 1.807) is 0 Å². The predicted octanol–water partition coefficient (Wildman–Crippen LogP) is 3.13. The molecule has 15 heavy (non-hydrogen) atoms. The molecule has 84 valence electrons. The zero-order valence-corrected chi connectivity index (χ0v) is 10.9. The molecular formula is C12H18BrNO. The molecule has 0 heterocycles. The largest absolute Gasteiger partial charge is 0.490 e. The lowest BCUT2D eigenvalue weighted by Gasteiger charge is -2.16. The standard InChI is InChI=1S/C12H18BrNO/c1-3-9(2)15-12-5-4-11(13)8-10(12)6-7-14/h4-5,8-9H,3,6-7,14H2,1-2H3. The van der Waals surface area contributed by atoms with Crippen LogP contribution in [0.1, 0.15) is 25.8 Å². The molecule has 0 fully saturated rings. The summed E-state index contributed by atoms with van der Waals surface area (Å²) in [4.78, 5) is 0. The van der Waals surface area contributed by atoms with Crippen molar-refractivity contribution in [1.82, 2.24) is 0 Å². The van der Waals surface area contributed by atoms with Gasteiger partial charge in [-0.1, -0.05) is 22.9 Å². The predicted molar refractivity (Wildman–Crippen MR) is 67.3 cm³/mol. The van der Waals surface area contributed by atoms with Gasteiger partial charge in [-0.2, -0.15) is 0 Å². The maximum atomic E-state index is 5.83. The number of halogens is 1. The van der Waals surface area contributed by atoms with Crippen molar-refractivity contribution in [2.75, 3.05) is 6.54 Å². The monoisotopic (exact) mass is 271 g/mol. The normalized spacial score (nSPS) is 12.5. The first-order valence-electron chi connectivity index (χ1n) is 5.32. The fourth-order valence-corrected chi connectivity index (χ4v) is 1.72. The molecule has 0 aliphatic carbocycles. The van der Waals surface area contributed by atoms with Crippen molar-refractivity contribution < 1.29 is 4.74 Å². The fraction of sp³-hybridized carbons (Fsp3) is 0.500. The van der Waals surface area contributed by atoms with Gasteiger partial charge >= 0.3 is 0 Å². The van der Waals surface area contributed by atoms with Gasteiger partial charge in [-0.3, -0.25) is 0 Å². The third-order valence-electron chi connectivity index (χ3n) is 2.34. The second-order valence-corrected chi connectivity index (χ2v) is 4.54. The summed E-state index contributed by atoms with van der Waals surface area (Å²) in [6.07, 6.45) is 2.12. The van der Waals surface area contributed by atoms with Gasteiger partial charge in [-0.15, -0.1) is 0 Å². The molecule has 0 saturated carbocycles. The first-order valence-corrected chi connectivity index (χ1v) is 6.11. The minimum atomic E-state index is 0.252. The van der Waals surface area contributed by atoms with Crippen molar-refractivity contribution in [1.29, 1.82) is 0 Å².